The van der Waals surface area contributed by atoms with Gasteiger partial charge in [0.1, 0.15) is 10.8 Å². The van der Waals surface area contributed by atoms with Gasteiger partial charge >= 0.3 is 0 Å². The summed E-state index contributed by atoms with van der Waals surface area (Å²) >= 11 is 1.65. The molecular weight excluding hydrogens is 360 g/mol. The van der Waals surface area contributed by atoms with Crippen molar-refractivity contribution in [3.63, 3.8) is 0 Å². The summed E-state index contributed by atoms with van der Waals surface area (Å²) in [6, 6.07) is 14.0. The quantitative estimate of drug-likeness (QED) is 0.561. The van der Waals surface area contributed by atoms with E-state index in [-0.39, 0.29) is 0 Å². The van der Waals surface area contributed by atoms with E-state index in [0.29, 0.717) is 0 Å². The molecule has 0 bridgehead atoms. The van der Waals surface area contributed by atoms with Crippen molar-refractivity contribution in [2.45, 2.75) is 13.0 Å². The molecule has 0 amide bonds. The van der Waals surface area contributed by atoms with Crippen molar-refractivity contribution in [2.75, 3.05) is 27.9 Å². The van der Waals surface area contributed by atoms with Crippen molar-refractivity contribution in [2.24, 2.45) is 0 Å². The number of ether oxygens (including phenoxy) is 3. The molecule has 1 heterocycles. The maximum Gasteiger partial charge on any atom is 0.169 e. The molecule has 27 heavy (non-hydrogen) atoms. The SMILES string of the molecule is COc1ccccc1CCNCc1ncc(-c2cccc(OC)c2OC)s1. The number of hydrogen-bond donors (Lipinski definition) is 1. The summed E-state index contributed by atoms with van der Waals surface area (Å²) in [5.41, 5.74) is 2.20. The highest BCUT2D eigenvalue weighted by Crippen LogP contribution is 2.39. The van der Waals surface area contributed by atoms with E-state index in [9.17, 15) is 0 Å². The smallest absolute Gasteiger partial charge is 0.169 e. The van der Waals surface area contributed by atoms with Crippen LogP contribution in [0.25, 0.3) is 10.4 Å². The lowest BCUT2D eigenvalue weighted by atomic mass is 10.1. The number of nitrogens with one attached hydrogen (secondary N) is 1. The molecule has 3 rings (SSSR count). The zero-order chi connectivity index (χ0) is 19.1. The molecule has 6 heteroatoms. The van der Waals surface area contributed by atoms with Crippen LogP contribution >= 0.6 is 11.3 Å². The first kappa shape index (κ1) is 19.2. The number of methoxy groups -OCH3 is 3. The Morgan fingerprint density at radius 3 is 2.48 bits per heavy atom. The zero-order valence-corrected chi connectivity index (χ0v) is 16.6. The van der Waals surface area contributed by atoms with Crippen LogP contribution in [0.1, 0.15) is 10.6 Å². The van der Waals surface area contributed by atoms with Crippen molar-refractivity contribution in [1.29, 1.82) is 0 Å². The average Bonchev–Trinajstić information content (AvgIpc) is 3.19. The van der Waals surface area contributed by atoms with Crippen LogP contribution in [0.2, 0.25) is 0 Å². The predicted octanol–water partition coefficient (Wildman–Crippen LogP) is 4.17. The largest absolute Gasteiger partial charge is 0.496 e. The van der Waals surface area contributed by atoms with E-state index in [4.69, 9.17) is 14.2 Å². The zero-order valence-electron chi connectivity index (χ0n) is 15.8. The van der Waals surface area contributed by atoms with Gasteiger partial charge in [-0.25, -0.2) is 4.98 Å². The van der Waals surface area contributed by atoms with Crippen LogP contribution in [0.15, 0.2) is 48.7 Å². The highest BCUT2D eigenvalue weighted by molar-refractivity contribution is 7.15. The van der Waals surface area contributed by atoms with Gasteiger partial charge in [-0.15, -0.1) is 11.3 Å². The molecule has 0 radical (unpaired) electrons. The van der Waals surface area contributed by atoms with Gasteiger partial charge < -0.3 is 19.5 Å². The second-order valence-electron chi connectivity index (χ2n) is 5.90. The number of thiazole rings is 1. The first-order valence-corrected chi connectivity index (χ1v) is 9.57. The standard InChI is InChI=1S/C21H24N2O3S/c1-24-17-9-5-4-7-15(17)11-12-22-14-20-23-13-19(27-20)16-8-6-10-18(25-2)21(16)26-3/h4-10,13,22H,11-12,14H2,1-3H3. The van der Waals surface area contributed by atoms with E-state index in [1.165, 1.54) is 5.56 Å². The van der Waals surface area contributed by atoms with E-state index in [2.05, 4.69) is 16.4 Å². The van der Waals surface area contributed by atoms with Crippen LogP contribution in [0.3, 0.4) is 0 Å². The minimum atomic E-state index is 0.722. The Morgan fingerprint density at radius 1 is 0.926 bits per heavy atom. The summed E-state index contributed by atoms with van der Waals surface area (Å²) < 4.78 is 16.3. The molecule has 0 saturated heterocycles. The Labute approximate surface area is 163 Å². The summed E-state index contributed by atoms with van der Waals surface area (Å²) in [6.07, 6.45) is 2.80. The Morgan fingerprint density at radius 2 is 1.70 bits per heavy atom. The van der Waals surface area contributed by atoms with E-state index >= 15 is 0 Å². The van der Waals surface area contributed by atoms with E-state index in [1.54, 1.807) is 32.7 Å². The number of aromatic nitrogens is 1. The van der Waals surface area contributed by atoms with Gasteiger partial charge in [0.25, 0.3) is 0 Å². The fourth-order valence-corrected chi connectivity index (χ4v) is 3.84. The van der Waals surface area contributed by atoms with E-state index < -0.39 is 0 Å². The molecular formula is C21H24N2O3S. The van der Waals surface area contributed by atoms with Crippen molar-refractivity contribution in [3.8, 4) is 27.7 Å². The molecule has 0 aliphatic carbocycles. The molecule has 2 aromatic carbocycles. The molecule has 0 aliphatic rings. The number of nitrogens with zero attached hydrogens (tertiary/aromatic N) is 1. The Bertz CT molecular complexity index is 879. The minimum Gasteiger partial charge on any atom is -0.496 e. The number of rotatable bonds is 9. The molecule has 0 aliphatic heterocycles. The summed E-state index contributed by atoms with van der Waals surface area (Å²) in [6.45, 7) is 1.59. The molecule has 0 fully saturated rings. The van der Waals surface area contributed by atoms with Gasteiger partial charge in [-0.05, 0) is 36.7 Å². The van der Waals surface area contributed by atoms with Crippen LogP contribution in [0.5, 0.6) is 17.2 Å². The van der Waals surface area contributed by atoms with Crippen LogP contribution in [0.4, 0.5) is 0 Å². The molecule has 0 saturated carbocycles. The molecule has 0 spiro atoms. The Balaban J connectivity index is 1.60. The molecule has 3 aromatic rings. The fourth-order valence-electron chi connectivity index (χ4n) is 2.93. The third-order valence-electron chi connectivity index (χ3n) is 4.26. The van der Waals surface area contributed by atoms with Gasteiger partial charge in [-0.2, -0.15) is 0 Å². The minimum absolute atomic E-state index is 0.722. The van der Waals surface area contributed by atoms with Crippen molar-refractivity contribution in [3.05, 3.63) is 59.2 Å². The van der Waals surface area contributed by atoms with Gasteiger partial charge in [0, 0.05) is 18.3 Å². The predicted molar refractivity (Wildman–Crippen MR) is 109 cm³/mol. The summed E-state index contributed by atoms with van der Waals surface area (Å²) in [7, 11) is 5.00. The Kier molecular flexibility index (Phi) is 6.68. The van der Waals surface area contributed by atoms with Crippen LogP contribution in [-0.2, 0) is 13.0 Å². The lowest BCUT2D eigenvalue weighted by Crippen LogP contribution is -2.16. The monoisotopic (exact) mass is 384 g/mol. The molecule has 0 atom stereocenters. The lowest BCUT2D eigenvalue weighted by molar-refractivity contribution is 0.356. The van der Waals surface area contributed by atoms with E-state index in [1.807, 2.05) is 42.6 Å². The average molecular weight is 385 g/mol. The summed E-state index contributed by atoms with van der Waals surface area (Å²) in [5, 5.41) is 4.49. The Hall–Kier alpha value is -2.57. The van der Waals surface area contributed by atoms with Gasteiger partial charge in [0.2, 0.25) is 0 Å². The number of hydrogen-bond acceptors (Lipinski definition) is 6. The number of benzene rings is 2. The normalized spacial score (nSPS) is 10.6. The fraction of sp³-hybridized carbons (Fsp3) is 0.286. The van der Waals surface area contributed by atoms with Crippen molar-refractivity contribution >= 4 is 11.3 Å². The van der Waals surface area contributed by atoms with Crippen LogP contribution in [0, 0.1) is 0 Å². The van der Waals surface area contributed by atoms with Gasteiger partial charge in [-0.1, -0.05) is 24.3 Å². The second-order valence-corrected chi connectivity index (χ2v) is 7.01. The summed E-state index contributed by atoms with van der Waals surface area (Å²) in [4.78, 5) is 5.60. The summed E-state index contributed by atoms with van der Waals surface area (Å²) in [5.74, 6) is 2.39. The van der Waals surface area contributed by atoms with Crippen LogP contribution < -0.4 is 19.5 Å². The van der Waals surface area contributed by atoms with Gasteiger partial charge in [0.05, 0.1) is 26.2 Å². The second kappa shape index (κ2) is 9.39. The van der Waals surface area contributed by atoms with Gasteiger partial charge in [-0.3, -0.25) is 0 Å². The molecule has 0 unspecified atom stereocenters. The first-order valence-electron chi connectivity index (χ1n) is 8.75. The lowest BCUT2D eigenvalue weighted by Gasteiger charge is -2.10. The molecule has 1 N–H and O–H groups in total. The topological polar surface area (TPSA) is 52.6 Å². The van der Waals surface area contributed by atoms with Crippen molar-refractivity contribution in [1.82, 2.24) is 10.3 Å². The molecule has 1 aromatic heterocycles. The third-order valence-corrected chi connectivity index (χ3v) is 5.29. The van der Waals surface area contributed by atoms with Crippen molar-refractivity contribution < 1.29 is 14.2 Å². The maximum absolute atomic E-state index is 5.53. The number of para-hydroxylation sites is 2. The third kappa shape index (κ3) is 4.59. The molecule has 142 valence electrons. The highest BCUT2D eigenvalue weighted by Gasteiger charge is 2.14. The van der Waals surface area contributed by atoms with E-state index in [0.717, 1.165) is 52.2 Å². The van der Waals surface area contributed by atoms with Gasteiger partial charge in [0.15, 0.2) is 11.5 Å². The maximum atomic E-state index is 5.53. The molecule has 5 nitrogen and oxygen atoms in total. The highest BCUT2D eigenvalue weighted by atomic mass is 32.1. The first-order chi connectivity index (χ1) is 13.3. The van der Waals surface area contributed by atoms with Crippen LogP contribution in [-0.4, -0.2) is 32.9 Å².